The SMILES string of the molecule is CCCCCCCCCCC/C=C/CC/C=C/C(O)C(CO)NC(=O)CCCCCCCCCCCCCCCCCCCCCCCCCCCCCCCCCCCCCC. The minimum absolute atomic E-state index is 0.0675. The van der Waals surface area contributed by atoms with Crippen LogP contribution in [0.5, 0.6) is 0 Å². The van der Waals surface area contributed by atoms with E-state index in [4.69, 9.17) is 0 Å². The van der Waals surface area contributed by atoms with Crippen molar-refractivity contribution in [1.29, 1.82) is 0 Å². The van der Waals surface area contributed by atoms with Crippen LogP contribution in [0.2, 0.25) is 0 Å². The lowest BCUT2D eigenvalue weighted by Crippen LogP contribution is -2.45. The van der Waals surface area contributed by atoms with Gasteiger partial charge in [-0.1, -0.05) is 314 Å². The number of carbonyl (C=O) groups is 1. The summed E-state index contributed by atoms with van der Waals surface area (Å²) < 4.78 is 0. The van der Waals surface area contributed by atoms with Gasteiger partial charge in [0.2, 0.25) is 5.91 Å². The molecule has 4 heteroatoms. The highest BCUT2D eigenvalue weighted by Gasteiger charge is 2.18. The molecule has 4 nitrogen and oxygen atoms in total. The summed E-state index contributed by atoms with van der Waals surface area (Å²) in [6.45, 7) is 4.32. The molecule has 0 bridgehead atoms. The summed E-state index contributed by atoms with van der Waals surface area (Å²) in [5.41, 5.74) is 0. The van der Waals surface area contributed by atoms with Crippen LogP contribution in [-0.2, 0) is 4.79 Å². The first-order valence-electron chi connectivity index (χ1n) is 29.1. The van der Waals surface area contributed by atoms with Gasteiger partial charge in [-0.2, -0.15) is 0 Å². The van der Waals surface area contributed by atoms with Gasteiger partial charge in [-0.15, -0.1) is 0 Å². The normalized spacial score (nSPS) is 12.9. The van der Waals surface area contributed by atoms with Crippen molar-refractivity contribution in [3.05, 3.63) is 24.3 Å². The maximum Gasteiger partial charge on any atom is 0.220 e. The molecule has 374 valence electrons. The number of hydrogen-bond acceptors (Lipinski definition) is 3. The molecule has 0 aliphatic heterocycles. The summed E-state index contributed by atoms with van der Waals surface area (Å²) in [6, 6.07) is -0.635. The Balaban J connectivity index is 3.39. The summed E-state index contributed by atoms with van der Waals surface area (Å²) in [5.74, 6) is -0.0675. The van der Waals surface area contributed by atoms with Crippen LogP contribution in [0.4, 0.5) is 0 Å². The van der Waals surface area contributed by atoms with Crippen molar-refractivity contribution in [3.63, 3.8) is 0 Å². The largest absolute Gasteiger partial charge is 0.394 e. The molecule has 0 spiro atoms. The van der Waals surface area contributed by atoms with Crippen molar-refractivity contribution in [2.45, 2.75) is 341 Å². The molecule has 0 aromatic heterocycles. The summed E-state index contributed by atoms with van der Waals surface area (Å²) >= 11 is 0. The Hall–Kier alpha value is -1.13. The molecular formula is C59H115NO3. The highest BCUT2D eigenvalue weighted by molar-refractivity contribution is 5.76. The molecule has 0 rings (SSSR count). The first-order chi connectivity index (χ1) is 31.2. The third-order valence-electron chi connectivity index (χ3n) is 13.7. The Morgan fingerprint density at radius 2 is 0.619 bits per heavy atom. The van der Waals surface area contributed by atoms with Gasteiger partial charge in [0.05, 0.1) is 18.8 Å². The Morgan fingerprint density at radius 1 is 0.365 bits per heavy atom. The zero-order chi connectivity index (χ0) is 45.6. The highest BCUT2D eigenvalue weighted by atomic mass is 16.3. The molecule has 3 N–H and O–H groups in total. The van der Waals surface area contributed by atoms with Crippen molar-refractivity contribution < 1.29 is 15.0 Å². The van der Waals surface area contributed by atoms with Gasteiger partial charge < -0.3 is 15.5 Å². The van der Waals surface area contributed by atoms with E-state index in [9.17, 15) is 15.0 Å². The van der Waals surface area contributed by atoms with E-state index in [1.807, 2.05) is 6.08 Å². The molecule has 0 aromatic carbocycles. The zero-order valence-corrected chi connectivity index (χ0v) is 43.1. The molecule has 0 fully saturated rings. The van der Waals surface area contributed by atoms with Gasteiger partial charge in [0.25, 0.3) is 0 Å². The van der Waals surface area contributed by atoms with Crippen LogP contribution in [0, 0.1) is 0 Å². The van der Waals surface area contributed by atoms with Crippen LogP contribution >= 0.6 is 0 Å². The predicted molar refractivity (Wildman–Crippen MR) is 281 cm³/mol. The van der Waals surface area contributed by atoms with Crippen molar-refractivity contribution in [2.75, 3.05) is 6.61 Å². The average Bonchev–Trinajstić information content (AvgIpc) is 3.29. The Kier molecular flexibility index (Phi) is 54.2. The molecule has 63 heavy (non-hydrogen) atoms. The summed E-state index contributed by atoms with van der Waals surface area (Å²) in [6.07, 6.45) is 73.7. The number of hydrogen-bond donors (Lipinski definition) is 3. The number of amides is 1. The fourth-order valence-electron chi connectivity index (χ4n) is 9.26. The number of allylic oxidation sites excluding steroid dienone is 3. The molecule has 1 amide bonds. The third-order valence-corrected chi connectivity index (χ3v) is 13.7. The maximum absolute atomic E-state index is 12.4. The minimum atomic E-state index is -0.859. The van der Waals surface area contributed by atoms with Crippen LogP contribution in [0.25, 0.3) is 0 Å². The lowest BCUT2D eigenvalue weighted by Gasteiger charge is -2.19. The fourth-order valence-corrected chi connectivity index (χ4v) is 9.26. The van der Waals surface area contributed by atoms with Crippen molar-refractivity contribution >= 4 is 5.91 Å². The van der Waals surface area contributed by atoms with Crippen LogP contribution in [-0.4, -0.2) is 34.9 Å². The number of carbonyl (C=O) groups excluding carboxylic acids is 1. The summed E-state index contributed by atoms with van der Waals surface area (Å²) in [7, 11) is 0. The van der Waals surface area contributed by atoms with Crippen LogP contribution in [0.3, 0.4) is 0 Å². The number of rotatable bonds is 54. The number of aliphatic hydroxyl groups excluding tert-OH is 2. The second-order valence-corrected chi connectivity index (χ2v) is 20.1. The lowest BCUT2D eigenvalue weighted by atomic mass is 10.0. The molecule has 2 unspecified atom stereocenters. The van der Waals surface area contributed by atoms with E-state index in [1.165, 1.54) is 276 Å². The average molecular weight is 887 g/mol. The topological polar surface area (TPSA) is 69.6 Å². The Bertz CT molecular complexity index is 916. The second kappa shape index (κ2) is 55.2. The fraction of sp³-hybridized carbons (Fsp3) is 0.915. The number of aliphatic hydroxyl groups is 2. The number of nitrogens with one attached hydrogen (secondary N) is 1. The van der Waals surface area contributed by atoms with E-state index in [0.29, 0.717) is 6.42 Å². The molecule has 0 aromatic rings. The maximum atomic E-state index is 12.4. The Labute approximate surface area is 396 Å². The van der Waals surface area contributed by atoms with Gasteiger partial charge in [0, 0.05) is 6.42 Å². The molecule has 0 saturated heterocycles. The van der Waals surface area contributed by atoms with Gasteiger partial charge >= 0.3 is 0 Å². The van der Waals surface area contributed by atoms with Gasteiger partial charge in [-0.25, -0.2) is 0 Å². The zero-order valence-electron chi connectivity index (χ0n) is 43.1. The molecule has 0 saturated carbocycles. The van der Waals surface area contributed by atoms with E-state index >= 15 is 0 Å². The summed E-state index contributed by atoms with van der Waals surface area (Å²) in [4.78, 5) is 12.4. The van der Waals surface area contributed by atoms with E-state index < -0.39 is 12.1 Å². The first kappa shape index (κ1) is 61.9. The van der Waals surface area contributed by atoms with Gasteiger partial charge in [0.15, 0.2) is 0 Å². The van der Waals surface area contributed by atoms with E-state index in [1.54, 1.807) is 6.08 Å². The van der Waals surface area contributed by atoms with Crippen molar-refractivity contribution in [2.24, 2.45) is 0 Å². The van der Waals surface area contributed by atoms with Crippen LogP contribution in [0.15, 0.2) is 24.3 Å². The smallest absolute Gasteiger partial charge is 0.220 e. The number of unbranched alkanes of at least 4 members (excludes halogenated alkanes) is 45. The molecule has 0 radical (unpaired) electrons. The second-order valence-electron chi connectivity index (χ2n) is 20.1. The predicted octanol–water partition coefficient (Wildman–Crippen LogP) is 19.1. The van der Waals surface area contributed by atoms with Gasteiger partial charge in [-0.3, -0.25) is 4.79 Å². The van der Waals surface area contributed by atoms with E-state index in [2.05, 4.69) is 31.3 Å². The Morgan fingerprint density at radius 3 is 0.921 bits per heavy atom. The van der Waals surface area contributed by atoms with Crippen molar-refractivity contribution in [3.8, 4) is 0 Å². The molecule has 2 atom stereocenters. The van der Waals surface area contributed by atoms with E-state index in [0.717, 1.165) is 32.1 Å². The quantitative estimate of drug-likeness (QED) is 0.0421. The molecule has 0 heterocycles. The minimum Gasteiger partial charge on any atom is -0.394 e. The van der Waals surface area contributed by atoms with Gasteiger partial charge in [0.1, 0.15) is 0 Å². The van der Waals surface area contributed by atoms with Crippen LogP contribution in [0.1, 0.15) is 328 Å². The van der Waals surface area contributed by atoms with E-state index in [-0.39, 0.29) is 12.5 Å². The molecular weight excluding hydrogens is 771 g/mol. The summed E-state index contributed by atoms with van der Waals surface area (Å²) in [5, 5.41) is 23.1. The van der Waals surface area contributed by atoms with Crippen molar-refractivity contribution in [1.82, 2.24) is 5.32 Å². The standard InChI is InChI=1S/C59H115NO3/c1-3-5-7-9-11-13-15-17-19-20-21-22-23-24-25-26-27-28-29-30-31-32-33-34-35-36-37-38-39-41-43-45-47-49-51-53-55-59(63)60-57(56-61)58(62)54-52-50-48-46-44-42-40-18-16-14-12-10-8-6-4-2/h44,46,52,54,57-58,61-62H,3-43,45,47-51,53,55-56H2,1-2H3,(H,60,63)/b46-44+,54-52+. The molecule has 0 aliphatic carbocycles. The third kappa shape index (κ3) is 51.7. The highest BCUT2D eigenvalue weighted by Crippen LogP contribution is 2.18. The van der Waals surface area contributed by atoms with Crippen LogP contribution < -0.4 is 5.32 Å². The lowest BCUT2D eigenvalue weighted by molar-refractivity contribution is -0.123. The first-order valence-corrected chi connectivity index (χ1v) is 29.1. The van der Waals surface area contributed by atoms with Gasteiger partial charge in [-0.05, 0) is 32.1 Å². The molecule has 0 aliphatic rings. The monoisotopic (exact) mass is 886 g/mol.